The van der Waals surface area contributed by atoms with E-state index in [2.05, 4.69) is 5.32 Å². The topological polar surface area (TPSA) is 90.9 Å². The van der Waals surface area contributed by atoms with E-state index in [1.54, 1.807) is 0 Å². The predicted octanol–water partition coefficient (Wildman–Crippen LogP) is 0.411. The summed E-state index contributed by atoms with van der Waals surface area (Å²) in [7, 11) is 1.26. The summed E-state index contributed by atoms with van der Waals surface area (Å²) in [5, 5.41) is 2.93. The zero-order chi connectivity index (χ0) is 17.0. The second-order valence-corrected chi connectivity index (χ2v) is 7.24. The lowest BCUT2D eigenvalue weighted by atomic mass is 9.71. The van der Waals surface area contributed by atoms with Crippen molar-refractivity contribution in [3.05, 3.63) is 0 Å². The van der Waals surface area contributed by atoms with Crippen LogP contribution in [0.4, 0.5) is 0 Å². The van der Waals surface area contributed by atoms with Gasteiger partial charge in [0.1, 0.15) is 12.2 Å². The zero-order valence-electron chi connectivity index (χ0n) is 13.9. The second kappa shape index (κ2) is 5.19. The van der Waals surface area contributed by atoms with Gasteiger partial charge in [0.2, 0.25) is 5.91 Å². The summed E-state index contributed by atoms with van der Waals surface area (Å²) in [5.74, 6) is -1.32. The van der Waals surface area contributed by atoms with E-state index in [0.29, 0.717) is 6.54 Å². The fourth-order valence-corrected chi connectivity index (χ4v) is 3.73. The van der Waals surface area contributed by atoms with E-state index < -0.39 is 35.0 Å². The van der Waals surface area contributed by atoms with Crippen molar-refractivity contribution in [3.63, 3.8) is 0 Å². The molecule has 5 unspecified atom stereocenters. The standard InChI is InChI=1S/C16H23NO6/c1-5-15(2,3)12(18)17-7-8-9-6-16(13(19)21-4)11(22-9)10(8)23-14(16)20/h8-11H,5-7H2,1-4H3,(H,17,18). The molecule has 0 aromatic heterocycles. The normalized spacial score (nSPS) is 37.7. The number of nitrogens with one attached hydrogen (secondary N) is 1. The maximum Gasteiger partial charge on any atom is 0.326 e. The molecule has 3 heterocycles. The molecule has 3 rings (SSSR count). The lowest BCUT2D eigenvalue weighted by molar-refractivity contribution is -0.163. The predicted molar refractivity (Wildman–Crippen MR) is 78.2 cm³/mol. The van der Waals surface area contributed by atoms with Gasteiger partial charge in [0, 0.05) is 24.3 Å². The Morgan fingerprint density at radius 3 is 2.74 bits per heavy atom. The zero-order valence-corrected chi connectivity index (χ0v) is 13.9. The number of carbonyl (C=O) groups excluding carboxylic acids is 3. The van der Waals surface area contributed by atoms with Gasteiger partial charge in [-0.15, -0.1) is 0 Å². The van der Waals surface area contributed by atoms with Crippen molar-refractivity contribution in [1.29, 1.82) is 0 Å². The maximum atomic E-state index is 12.2. The summed E-state index contributed by atoms with van der Waals surface area (Å²) in [6, 6.07) is 0. The fraction of sp³-hybridized carbons (Fsp3) is 0.812. The van der Waals surface area contributed by atoms with Crippen molar-refractivity contribution in [2.75, 3.05) is 13.7 Å². The van der Waals surface area contributed by atoms with Gasteiger partial charge in [-0.1, -0.05) is 20.8 Å². The first kappa shape index (κ1) is 16.2. The van der Waals surface area contributed by atoms with Crippen LogP contribution in [0.25, 0.3) is 0 Å². The Kier molecular flexibility index (Phi) is 3.66. The highest BCUT2D eigenvalue weighted by molar-refractivity contribution is 6.03. The quantitative estimate of drug-likeness (QED) is 0.581. The molecule has 3 aliphatic rings. The number of methoxy groups -OCH3 is 1. The summed E-state index contributed by atoms with van der Waals surface area (Å²) in [5.41, 5.74) is -1.76. The number of esters is 2. The van der Waals surface area contributed by atoms with E-state index in [-0.39, 0.29) is 24.3 Å². The first-order chi connectivity index (χ1) is 10.8. The summed E-state index contributed by atoms with van der Waals surface area (Å²) in [4.78, 5) is 36.5. The minimum Gasteiger partial charge on any atom is -0.468 e. The first-order valence-electron chi connectivity index (χ1n) is 8.01. The van der Waals surface area contributed by atoms with E-state index in [1.807, 2.05) is 20.8 Å². The number of ether oxygens (including phenoxy) is 3. The van der Waals surface area contributed by atoms with Gasteiger partial charge in [-0.3, -0.25) is 14.4 Å². The third-order valence-corrected chi connectivity index (χ3v) is 5.68. The maximum absolute atomic E-state index is 12.2. The second-order valence-electron chi connectivity index (χ2n) is 7.24. The van der Waals surface area contributed by atoms with Crippen LogP contribution in [0.15, 0.2) is 0 Å². The van der Waals surface area contributed by atoms with Gasteiger partial charge in [-0.25, -0.2) is 0 Å². The molecule has 7 nitrogen and oxygen atoms in total. The minimum absolute atomic E-state index is 0.0358. The van der Waals surface area contributed by atoms with Crippen LogP contribution in [0.1, 0.15) is 33.6 Å². The number of hydrogen-bond donors (Lipinski definition) is 1. The Labute approximate surface area is 135 Å². The first-order valence-corrected chi connectivity index (χ1v) is 8.01. The van der Waals surface area contributed by atoms with Crippen LogP contribution in [0.2, 0.25) is 0 Å². The van der Waals surface area contributed by atoms with Crippen LogP contribution in [-0.4, -0.2) is 49.8 Å². The molecule has 128 valence electrons. The smallest absolute Gasteiger partial charge is 0.326 e. The van der Waals surface area contributed by atoms with Gasteiger partial charge in [-0.05, 0) is 6.42 Å². The van der Waals surface area contributed by atoms with Crippen molar-refractivity contribution in [2.45, 2.75) is 51.9 Å². The average molecular weight is 325 g/mol. The minimum atomic E-state index is -1.31. The van der Waals surface area contributed by atoms with Crippen molar-refractivity contribution in [2.24, 2.45) is 16.7 Å². The SMILES string of the molecule is CCC(C)(C)C(=O)NCC1C2CC3(C(=O)OC)C(=O)OC1C3O2. The summed E-state index contributed by atoms with van der Waals surface area (Å²) in [6.45, 7) is 6.11. The Bertz CT molecular complexity index is 559. The summed E-state index contributed by atoms with van der Waals surface area (Å²) < 4.78 is 16.0. The lowest BCUT2D eigenvalue weighted by Gasteiger charge is -2.28. The Balaban J connectivity index is 1.70. The highest BCUT2D eigenvalue weighted by Gasteiger charge is 2.75. The molecule has 3 aliphatic heterocycles. The Hall–Kier alpha value is -1.63. The summed E-state index contributed by atoms with van der Waals surface area (Å²) >= 11 is 0. The highest BCUT2D eigenvalue weighted by Crippen LogP contribution is 2.57. The van der Waals surface area contributed by atoms with Crippen molar-refractivity contribution in [3.8, 4) is 0 Å². The van der Waals surface area contributed by atoms with Gasteiger partial charge in [0.25, 0.3) is 0 Å². The number of carbonyl (C=O) groups is 3. The monoisotopic (exact) mass is 325 g/mol. The molecule has 0 aromatic carbocycles. The molecule has 23 heavy (non-hydrogen) atoms. The van der Waals surface area contributed by atoms with Crippen molar-refractivity contribution in [1.82, 2.24) is 5.32 Å². The fourth-order valence-electron chi connectivity index (χ4n) is 3.73. The molecular weight excluding hydrogens is 302 g/mol. The molecule has 1 amide bonds. The van der Waals surface area contributed by atoms with Gasteiger partial charge in [0.05, 0.1) is 13.2 Å². The van der Waals surface area contributed by atoms with E-state index >= 15 is 0 Å². The van der Waals surface area contributed by atoms with E-state index in [1.165, 1.54) is 7.11 Å². The van der Waals surface area contributed by atoms with E-state index in [0.717, 1.165) is 6.42 Å². The molecule has 7 heteroatoms. The molecule has 0 aromatic rings. The molecule has 2 bridgehead atoms. The lowest BCUT2D eigenvalue weighted by Crippen LogP contribution is -2.49. The van der Waals surface area contributed by atoms with Gasteiger partial charge in [0.15, 0.2) is 5.41 Å². The number of hydrogen-bond acceptors (Lipinski definition) is 6. The van der Waals surface area contributed by atoms with Gasteiger partial charge < -0.3 is 19.5 Å². The molecule has 3 fully saturated rings. The van der Waals surface area contributed by atoms with Crippen molar-refractivity contribution < 1.29 is 28.6 Å². The molecule has 3 saturated heterocycles. The molecule has 5 atom stereocenters. The number of rotatable bonds is 5. The van der Waals surface area contributed by atoms with Crippen LogP contribution in [0, 0.1) is 16.7 Å². The average Bonchev–Trinajstić information content (AvgIpc) is 3.12. The van der Waals surface area contributed by atoms with Gasteiger partial charge >= 0.3 is 11.9 Å². The van der Waals surface area contributed by atoms with Crippen molar-refractivity contribution >= 4 is 17.8 Å². The molecule has 1 N–H and O–H groups in total. The largest absolute Gasteiger partial charge is 0.468 e. The number of amides is 1. The molecule has 0 saturated carbocycles. The molecular formula is C16H23NO6. The highest BCUT2D eigenvalue weighted by atomic mass is 16.6. The van der Waals surface area contributed by atoms with Crippen LogP contribution < -0.4 is 5.32 Å². The Morgan fingerprint density at radius 1 is 1.43 bits per heavy atom. The molecule has 0 aliphatic carbocycles. The van der Waals surface area contributed by atoms with E-state index in [9.17, 15) is 14.4 Å². The van der Waals surface area contributed by atoms with Crippen LogP contribution in [-0.2, 0) is 28.6 Å². The van der Waals surface area contributed by atoms with Gasteiger partial charge in [-0.2, -0.15) is 0 Å². The number of fused-ring (bicyclic) bond motifs is 1. The molecule has 0 radical (unpaired) electrons. The van der Waals surface area contributed by atoms with Crippen LogP contribution in [0.3, 0.4) is 0 Å². The third kappa shape index (κ3) is 2.09. The van der Waals surface area contributed by atoms with Crippen LogP contribution in [0.5, 0.6) is 0 Å². The molecule has 0 spiro atoms. The van der Waals surface area contributed by atoms with E-state index in [4.69, 9.17) is 14.2 Å². The summed E-state index contributed by atoms with van der Waals surface area (Å²) in [6.07, 6.45) is -0.382. The Morgan fingerprint density at radius 2 is 2.13 bits per heavy atom. The van der Waals surface area contributed by atoms with Crippen LogP contribution >= 0.6 is 0 Å². The third-order valence-electron chi connectivity index (χ3n) is 5.68.